The fraction of sp³-hybridized carbons (Fsp3) is 0.333. The van der Waals surface area contributed by atoms with Gasteiger partial charge in [-0.1, -0.05) is 13.0 Å². The van der Waals surface area contributed by atoms with E-state index in [2.05, 4.69) is 28.2 Å². The maximum Gasteiger partial charge on any atom is 0.131 e. The second-order valence-electron chi connectivity index (χ2n) is 4.62. The molecule has 1 atom stereocenters. The van der Waals surface area contributed by atoms with Gasteiger partial charge < -0.3 is 5.32 Å². The average Bonchev–Trinajstić information content (AvgIpc) is 2.71. The number of benzene rings is 1. The van der Waals surface area contributed by atoms with E-state index in [1.807, 2.05) is 13.0 Å². The number of halogens is 3. The SMILES string of the molecule is CCCNC(c1ccc(F)cc1F)c1sc(C)cc1Br. The van der Waals surface area contributed by atoms with Gasteiger partial charge in [-0.15, -0.1) is 11.3 Å². The molecule has 0 aliphatic heterocycles. The van der Waals surface area contributed by atoms with Gasteiger partial charge in [-0.25, -0.2) is 8.78 Å². The molecule has 1 unspecified atom stereocenters. The van der Waals surface area contributed by atoms with Crippen LogP contribution in [0.25, 0.3) is 0 Å². The highest BCUT2D eigenvalue weighted by molar-refractivity contribution is 9.10. The fourth-order valence-corrected chi connectivity index (χ4v) is 4.04. The highest BCUT2D eigenvalue weighted by atomic mass is 79.9. The van der Waals surface area contributed by atoms with Gasteiger partial charge >= 0.3 is 0 Å². The van der Waals surface area contributed by atoms with Crippen LogP contribution in [0.15, 0.2) is 28.7 Å². The normalized spacial score (nSPS) is 12.7. The quantitative estimate of drug-likeness (QED) is 0.774. The van der Waals surface area contributed by atoms with E-state index in [1.165, 1.54) is 12.1 Å². The summed E-state index contributed by atoms with van der Waals surface area (Å²) in [5.74, 6) is -1.07. The van der Waals surface area contributed by atoms with E-state index in [0.29, 0.717) is 5.56 Å². The van der Waals surface area contributed by atoms with Crippen molar-refractivity contribution in [3.8, 4) is 0 Å². The summed E-state index contributed by atoms with van der Waals surface area (Å²) in [5, 5.41) is 3.33. The standard InChI is InChI=1S/C15H16BrF2NS/c1-3-6-19-14(15-12(16)7-9(2)20-15)11-5-4-10(17)8-13(11)18/h4-5,7-8,14,19H,3,6H2,1-2H3. The summed E-state index contributed by atoms with van der Waals surface area (Å²) < 4.78 is 28.1. The molecule has 0 fully saturated rings. The van der Waals surface area contributed by atoms with Crippen molar-refractivity contribution >= 4 is 27.3 Å². The highest BCUT2D eigenvalue weighted by Crippen LogP contribution is 2.36. The monoisotopic (exact) mass is 359 g/mol. The number of thiophene rings is 1. The molecule has 0 radical (unpaired) electrons. The third-order valence-electron chi connectivity index (χ3n) is 2.97. The molecule has 1 aromatic heterocycles. The first-order chi connectivity index (χ1) is 9.52. The lowest BCUT2D eigenvalue weighted by Crippen LogP contribution is -2.23. The second-order valence-corrected chi connectivity index (χ2v) is 6.76. The van der Waals surface area contributed by atoms with E-state index in [1.54, 1.807) is 11.3 Å². The van der Waals surface area contributed by atoms with Crippen LogP contribution in [0.3, 0.4) is 0 Å². The van der Waals surface area contributed by atoms with Gasteiger partial charge in [0, 0.05) is 25.9 Å². The zero-order chi connectivity index (χ0) is 14.7. The van der Waals surface area contributed by atoms with E-state index in [-0.39, 0.29) is 6.04 Å². The summed E-state index contributed by atoms with van der Waals surface area (Å²) in [6.07, 6.45) is 0.946. The number of rotatable bonds is 5. The van der Waals surface area contributed by atoms with Gasteiger partial charge in [-0.3, -0.25) is 0 Å². The lowest BCUT2D eigenvalue weighted by molar-refractivity contribution is 0.535. The average molecular weight is 360 g/mol. The van der Waals surface area contributed by atoms with Crippen molar-refractivity contribution in [2.75, 3.05) is 6.54 Å². The van der Waals surface area contributed by atoms with Gasteiger partial charge in [-0.05, 0) is 48.0 Å². The Balaban J connectivity index is 2.44. The molecule has 0 amide bonds. The van der Waals surface area contributed by atoms with Crippen LogP contribution in [-0.2, 0) is 0 Å². The number of hydrogen-bond donors (Lipinski definition) is 1. The molecule has 1 N–H and O–H groups in total. The molecule has 1 nitrogen and oxygen atoms in total. The van der Waals surface area contributed by atoms with Crippen LogP contribution in [0, 0.1) is 18.6 Å². The molecule has 0 bridgehead atoms. The molecule has 1 aromatic carbocycles. The number of nitrogens with one attached hydrogen (secondary N) is 1. The Hall–Kier alpha value is -0.780. The summed E-state index contributed by atoms with van der Waals surface area (Å²) in [4.78, 5) is 2.17. The zero-order valence-corrected chi connectivity index (χ0v) is 13.7. The Morgan fingerprint density at radius 1 is 1.30 bits per heavy atom. The van der Waals surface area contributed by atoms with Crippen LogP contribution in [0.4, 0.5) is 8.78 Å². The molecular formula is C15H16BrF2NS. The highest BCUT2D eigenvalue weighted by Gasteiger charge is 2.22. The Morgan fingerprint density at radius 2 is 2.05 bits per heavy atom. The number of aryl methyl sites for hydroxylation is 1. The van der Waals surface area contributed by atoms with Crippen LogP contribution in [0.2, 0.25) is 0 Å². The van der Waals surface area contributed by atoms with Crippen molar-refractivity contribution in [3.63, 3.8) is 0 Å². The third kappa shape index (κ3) is 3.45. The van der Waals surface area contributed by atoms with Gasteiger partial charge in [0.1, 0.15) is 11.6 Å². The minimum atomic E-state index is -0.554. The van der Waals surface area contributed by atoms with E-state index < -0.39 is 11.6 Å². The third-order valence-corrected chi connectivity index (χ3v) is 5.00. The lowest BCUT2D eigenvalue weighted by atomic mass is 10.0. The summed E-state index contributed by atoms with van der Waals surface area (Å²) in [6, 6.07) is 5.50. The molecule has 0 saturated carbocycles. The van der Waals surface area contributed by atoms with Crippen LogP contribution >= 0.6 is 27.3 Å². The van der Waals surface area contributed by atoms with Crippen molar-refractivity contribution in [1.82, 2.24) is 5.32 Å². The van der Waals surface area contributed by atoms with Gasteiger partial charge in [0.2, 0.25) is 0 Å². The van der Waals surface area contributed by atoms with Gasteiger partial charge in [-0.2, -0.15) is 0 Å². The molecule has 0 aliphatic rings. The molecule has 1 heterocycles. The van der Waals surface area contributed by atoms with Crippen molar-refractivity contribution in [2.24, 2.45) is 0 Å². The summed E-state index contributed by atoms with van der Waals surface area (Å²) in [6.45, 7) is 4.83. The van der Waals surface area contributed by atoms with Crippen LogP contribution in [0.5, 0.6) is 0 Å². The van der Waals surface area contributed by atoms with Gasteiger partial charge in [0.15, 0.2) is 0 Å². The van der Waals surface area contributed by atoms with Crippen molar-refractivity contribution in [1.29, 1.82) is 0 Å². The van der Waals surface area contributed by atoms with Crippen molar-refractivity contribution in [2.45, 2.75) is 26.3 Å². The van der Waals surface area contributed by atoms with Gasteiger partial charge in [0.05, 0.1) is 6.04 Å². The van der Waals surface area contributed by atoms with E-state index >= 15 is 0 Å². The first-order valence-electron chi connectivity index (χ1n) is 6.47. The van der Waals surface area contributed by atoms with Crippen molar-refractivity contribution < 1.29 is 8.78 Å². The molecule has 2 rings (SSSR count). The zero-order valence-electron chi connectivity index (χ0n) is 11.3. The maximum atomic E-state index is 14.1. The lowest BCUT2D eigenvalue weighted by Gasteiger charge is -2.19. The minimum Gasteiger partial charge on any atom is -0.305 e. The molecular weight excluding hydrogens is 344 g/mol. The molecule has 20 heavy (non-hydrogen) atoms. The van der Waals surface area contributed by atoms with Crippen LogP contribution in [-0.4, -0.2) is 6.54 Å². The fourth-order valence-electron chi connectivity index (χ4n) is 2.07. The summed E-state index contributed by atoms with van der Waals surface area (Å²) >= 11 is 5.13. The Labute approximate surface area is 130 Å². The molecule has 0 spiro atoms. The van der Waals surface area contributed by atoms with E-state index in [4.69, 9.17) is 0 Å². The second kappa shape index (κ2) is 6.78. The van der Waals surface area contributed by atoms with Crippen molar-refractivity contribution in [3.05, 3.63) is 55.7 Å². The molecule has 2 aromatic rings. The first kappa shape index (κ1) is 15.6. The van der Waals surface area contributed by atoms with Gasteiger partial charge in [0.25, 0.3) is 0 Å². The summed E-state index contributed by atoms with van der Waals surface area (Å²) in [7, 11) is 0. The smallest absolute Gasteiger partial charge is 0.131 e. The van der Waals surface area contributed by atoms with E-state index in [0.717, 1.165) is 33.3 Å². The largest absolute Gasteiger partial charge is 0.305 e. The minimum absolute atomic E-state index is 0.261. The first-order valence-corrected chi connectivity index (χ1v) is 8.08. The van der Waals surface area contributed by atoms with E-state index in [9.17, 15) is 8.78 Å². The topological polar surface area (TPSA) is 12.0 Å². The summed E-state index contributed by atoms with van der Waals surface area (Å²) in [5.41, 5.74) is 0.474. The Morgan fingerprint density at radius 3 is 2.60 bits per heavy atom. The predicted molar refractivity (Wildman–Crippen MR) is 83.3 cm³/mol. The predicted octanol–water partition coefficient (Wildman–Crippen LogP) is 5.19. The Kier molecular flexibility index (Phi) is 5.29. The molecule has 108 valence electrons. The van der Waals surface area contributed by atoms with Crippen LogP contribution in [0.1, 0.15) is 34.7 Å². The maximum absolute atomic E-state index is 14.1. The molecule has 0 aliphatic carbocycles. The number of hydrogen-bond acceptors (Lipinski definition) is 2. The Bertz CT molecular complexity index is 598. The molecule has 5 heteroatoms. The molecule has 0 saturated heterocycles. The van der Waals surface area contributed by atoms with Crippen LogP contribution < -0.4 is 5.32 Å².